The van der Waals surface area contributed by atoms with E-state index >= 15 is 0 Å². The molecule has 1 aliphatic heterocycles. The Labute approximate surface area is 84.6 Å². The zero-order valence-corrected chi connectivity index (χ0v) is 8.66. The fourth-order valence-electron chi connectivity index (χ4n) is 2.12. The van der Waals surface area contributed by atoms with Crippen LogP contribution < -0.4 is 5.32 Å². The van der Waals surface area contributed by atoms with Gasteiger partial charge in [-0.25, -0.2) is 4.79 Å². The van der Waals surface area contributed by atoms with Crippen LogP contribution in [0.5, 0.6) is 0 Å². The number of likely N-dealkylation sites (tertiary alicyclic amines) is 1. The number of alkyl carbamates (subject to hydrolysis) is 1. The van der Waals surface area contributed by atoms with Crippen LogP contribution in [-0.4, -0.2) is 43.3 Å². The Morgan fingerprint density at radius 3 is 2.86 bits per heavy atom. The van der Waals surface area contributed by atoms with Crippen LogP contribution in [0.15, 0.2) is 0 Å². The molecule has 2 rings (SSSR count). The van der Waals surface area contributed by atoms with Crippen LogP contribution in [0.1, 0.15) is 25.7 Å². The van der Waals surface area contributed by atoms with Gasteiger partial charge in [0.25, 0.3) is 0 Å². The SMILES string of the molecule is COC(=O)NC1CCCN(C2CC2)C1. The number of ether oxygens (including phenoxy) is 1. The maximum absolute atomic E-state index is 11.0. The molecular formula is C10H18N2O2. The largest absolute Gasteiger partial charge is 0.453 e. The van der Waals surface area contributed by atoms with Gasteiger partial charge < -0.3 is 10.1 Å². The number of carbonyl (C=O) groups excluding carboxylic acids is 1. The number of piperidine rings is 1. The number of nitrogens with zero attached hydrogens (tertiary/aromatic N) is 1. The second-order valence-electron chi connectivity index (χ2n) is 4.20. The molecule has 0 spiro atoms. The smallest absolute Gasteiger partial charge is 0.407 e. The molecule has 1 heterocycles. The number of rotatable bonds is 2. The predicted molar refractivity (Wildman–Crippen MR) is 53.2 cm³/mol. The fraction of sp³-hybridized carbons (Fsp3) is 0.900. The first kappa shape index (κ1) is 9.77. The van der Waals surface area contributed by atoms with E-state index in [4.69, 9.17) is 0 Å². The molecule has 1 amide bonds. The van der Waals surface area contributed by atoms with E-state index in [-0.39, 0.29) is 12.1 Å². The maximum atomic E-state index is 11.0. The van der Waals surface area contributed by atoms with Crippen LogP contribution in [0.4, 0.5) is 4.79 Å². The zero-order chi connectivity index (χ0) is 9.97. The predicted octanol–water partition coefficient (Wildman–Crippen LogP) is 0.969. The molecule has 2 aliphatic rings. The number of hydrogen-bond donors (Lipinski definition) is 1. The Bertz CT molecular complexity index is 216. The number of methoxy groups -OCH3 is 1. The summed E-state index contributed by atoms with van der Waals surface area (Å²) in [4.78, 5) is 13.5. The standard InChI is InChI=1S/C10H18N2O2/c1-14-10(13)11-8-3-2-6-12(7-8)9-4-5-9/h8-9H,2-7H2,1H3,(H,11,13). The Hall–Kier alpha value is -0.770. The van der Waals surface area contributed by atoms with E-state index in [1.54, 1.807) is 0 Å². The Balaban J connectivity index is 1.78. The van der Waals surface area contributed by atoms with E-state index < -0.39 is 0 Å². The van der Waals surface area contributed by atoms with Crippen LogP contribution in [0.2, 0.25) is 0 Å². The summed E-state index contributed by atoms with van der Waals surface area (Å²) in [5.74, 6) is 0. The molecule has 0 aromatic rings. The third-order valence-electron chi connectivity index (χ3n) is 3.02. The van der Waals surface area contributed by atoms with Crippen molar-refractivity contribution in [2.45, 2.75) is 37.8 Å². The summed E-state index contributed by atoms with van der Waals surface area (Å²) in [6, 6.07) is 1.09. The average molecular weight is 198 g/mol. The molecule has 0 bridgehead atoms. The first-order valence-corrected chi connectivity index (χ1v) is 5.38. The monoisotopic (exact) mass is 198 g/mol. The lowest BCUT2D eigenvalue weighted by Crippen LogP contribution is -2.48. The van der Waals surface area contributed by atoms with Crippen LogP contribution in [-0.2, 0) is 4.74 Å². The van der Waals surface area contributed by atoms with E-state index in [0.29, 0.717) is 0 Å². The van der Waals surface area contributed by atoms with Crippen LogP contribution in [0.3, 0.4) is 0 Å². The summed E-state index contributed by atoms with van der Waals surface area (Å²) in [7, 11) is 1.41. The highest BCUT2D eigenvalue weighted by atomic mass is 16.5. The summed E-state index contributed by atoms with van der Waals surface area (Å²) < 4.78 is 4.60. The molecule has 80 valence electrons. The molecule has 1 aliphatic carbocycles. The normalized spacial score (nSPS) is 28.5. The molecule has 14 heavy (non-hydrogen) atoms. The number of carbonyl (C=O) groups is 1. The van der Waals surface area contributed by atoms with Gasteiger partial charge in [-0.1, -0.05) is 0 Å². The van der Waals surface area contributed by atoms with Gasteiger partial charge in [0.2, 0.25) is 0 Å². The zero-order valence-electron chi connectivity index (χ0n) is 8.66. The van der Waals surface area contributed by atoms with Crippen molar-refractivity contribution in [2.24, 2.45) is 0 Å². The molecular weight excluding hydrogens is 180 g/mol. The number of nitrogens with one attached hydrogen (secondary N) is 1. The van der Waals surface area contributed by atoms with Crippen molar-refractivity contribution in [3.8, 4) is 0 Å². The first-order valence-electron chi connectivity index (χ1n) is 5.38. The highest BCUT2D eigenvalue weighted by molar-refractivity contribution is 5.67. The molecule has 2 fully saturated rings. The first-order chi connectivity index (χ1) is 6.79. The molecule has 1 unspecified atom stereocenters. The van der Waals surface area contributed by atoms with Gasteiger partial charge in [0.05, 0.1) is 7.11 Å². The highest BCUT2D eigenvalue weighted by Gasteiger charge is 2.32. The van der Waals surface area contributed by atoms with Crippen molar-refractivity contribution in [2.75, 3.05) is 20.2 Å². The van der Waals surface area contributed by atoms with Crippen LogP contribution in [0, 0.1) is 0 Å². The van der Waals surface area contributed by atoms with Crippen molar-refractivity contribution in [3.63, 3.8) is 0 Å². The second-order valence-corrected chi connectivity index (χ2v) is 4.20. The van der Waals surface area contributed by atoms with Crippen molar-refractivity contribution < 1.29 is 9.53 Å². The molecule has 0 radical (unpaired) electrons. The molecule has 1 atom stereocenters. The summed E-state index contributed by atoms with van der Waals surface area (Å²) in [6.07, 6.45) is 4.65. The molecule has 1 saturated carbocycles. The Morgan fingerprint density at radius 2 is 2.21 bits per heavy atom. The van der Waals surface area contributed by atoms with Gasteiger partial charge in [-0.3, -0.25) is 4.90 Å². The molecule has 4 nitrogen and oxygen atoms in total. The van der Waals surface area contributed by atoms with Gasteiger partial charge in [-0.05, 0) is 32.2 Å². The van der Waals surface area contributed by atoms with E-state index in [0.717, 1.165) is 19.0 Å². The summed E-state index contributed by atoms with van der Waals surface area (Å²) in [5.41, 5.74) is 0. The lowest BCUT2D eigenvalue weighted by atomic mass is 10.1. The topological polar surface area (TPSA) is 41.6 Å². The van der Waals surface area contributed by atoms with Gasteiger partial charge in [0.15, 0.2) is 0 Å². The molecule has 1 N–H and O–H groups in total. The summed E-state index contributed by atoms with van der Waals surface area (Å²) in [6.45, 7) is 2.20. The van der Waals surface area contributed by atoms with Crippen LogP contribution in [0.25, 0.3) is 0 Å². The Morgan fingerprint density at radius 1 is 1.43 bits per heavy atom. The average Bonchev–Trinajstić information content (AvgIpc) is 3.01. The van der Waals surface area contributed by atoms with E-state index in [2.05, 4.69) is 15.0 Å². The van der Waals surface area contributed by atoms with Gasteiger partial charge >= 0.3 is 6.09 Å². The molecule has 4 heteroatoms. The lowest BCUT2D eigenvalue weighted by Gasteiger charge is -2.32. The van der Waals surface area contributed by atoms with Gasteiger partial charge in [-0.2, -0.15) is 0 Å². The van der Waals surface area contributed by atoms with Crippen molar-refractivity contribution in [1.29, 1.82) is 0 Å². The third kappa shape index (κ3) is 2.38. The quantitative estimate of drug-likeness (QED) is 0.719. The van der Waals surface area contributed by atoms with E-state index in [9.17, 15) is 4.79 Å². The summed E-state index contributed by atoms with van der Waals surface area (Å²) >= 11 is 0. The summed E-state index contributed by atoms with van der Waals surface area (Å²) in [5, 5.41) is 2.88. The minimum absolute atomic E-state index is 0.289. The minimum atomic E-state index is -0.298. The van der Waals surface area contributed by atoms with Crippen molar-refractivity contribution >= 4 is 6.09 Å². The minimum Gasteiger partial charge on any atom is -0.453 e. The maximum Gasteiger partial charge on any atom is 0.407 e. The van der Waals surface area contributed by atoms with Crippen molar-refractivity contribution in [1.82, 2.24) is 10.2 Å². The van der Waals surface area contributed by atoms with Crippen molar-refractivity contribution in [3.05, 3.63) is 0 Å². The van der Waals surface area contributed by atoms with Gasteiger partial charge in [-0.15, -0.1) is 0 Å². The molecule has 0 aromatic heterocycles. The van der Waals surface area contributed by atoms with Gasteiger partial charge in [0, 0.05) is 18.6 Å². The highest BCUT2D eigenvalue weighted by Crippen LogP contribution is 2.29. The number of amides is 1. The number of hydrogen-bond acceptors (Lipinski definition) is 3. The second kappa shape index (κ2) is 4.17. The molecule has 0 aromatic carbocycles. The van der Waals surface area contributed by atoms with Crippen LogP contribution >= 0.6 is 0 Å². The molecule has 1 saturated heterocycles. The van der Waals surface area contributed by atoms with Gasteiger partial charge in [0.1, 0.15) is 0 Å². The lowest BCUT2D eigenvalue weighted by molar-refractivity contribution is 0.145. The Kier molecular flexibility index (Phi) is 2.91. The van der Waals surface area contributed by atoms with E-state index in [1.807, 2.05) is 0 Å². The van der Waals surface area contributed by atoms with E-state index in [1.165, 1.54) is 32.9 Å². The third-order valence-corrected chi connectivity index (χ3v) is 3.02. The fourth-order valence-corrected chi connectivity index (χ4v) is 2.12.